The molecule has 3 aromatic rings. The predicted octanol–water partition coefficient (Wildman–Crippen LogP) is 4.24. The monoisotopic (exact) mass is 387 g/mol. The van der Waals surface area contributed by atoms with Crippen molar-refractivity contribution < 1.29 is 19.1 Å². The Kier molecular flexibility index (Phi) is 6.79. The molecule has 0 spiro atoms. The van der Waals surface area contributed by atoms with Crippen molar-refractivity contribution in [1.82, 2.24) is 5.32 Å². The summed E-state index contributed by atoms with van der Waals surface area (Å²) in [5.41, 5.74) is 2.24. The van der Waals surface area contributed by atoms with Gasteiger partial charge in [0.1, 0.15) is 11.5 Å². The molecule has 0 fully saturated rings. The lowest BCUT2D eigenvalue weighted by Crippen LogP contribution is -2.22. The molecule has 0 aliphatic heterocycles. The standard InChI is InChI=1S/C24H21NO4/c1-28-21-11-5-9-18(15-21)13-14-23(26)29-22-12-6-10-20(16-22)24(27)25-17-19-7-3-2-4-8-19/h2-16H,17H2,1H3,(H,25,27)/b14-13+. The van der Waals surface area contributed by atoms with Crippen LogP contribution in [-0.4, -0.2) is 19.0 Å². The van der Waals surface area contributed by atoms with Crippen LogP contribution in [0.5, 0.6) is 11.5 Å². The molecule has 0 unspecified atom stereocenters. The van der Waals surface area contributed by atoms with E-state index in [2.05, 4.69) is 5.32 Å². The summed E-state index contributed by atoms with van der Waals surface area (Å²) in [5, 5.41) is 2.85. The Morgan fingerprint density at radius 1 is 0.897 bits per heavy atom. The van der Waals surface area contributed by atoms with Crippen LogP contribution in [0, 0.1) is 0 Å². The van der Waals surface area contributed by atoms with Crippen LogP contribution in [0.1, 0.15) is 21.5 Å². The van der Waals surface area contributed by atoms with Gasteiger partial charge in [0.2, 0.25) is 0 Å². The highest BCUT2D eigenvalue weighted by Gasteiger charge is 2.08. The molecule has 3 aromatic carbocycles. The molecule has 0 atom stereocenters. The number of hydrogen-bond donors (Lipinski definition) is 1. The molecule has 0 saturated heterocycles. The van der Waals surface area contributed by atoms with Crippen molar-refractivity contribution in [3.8, 4) is 11.5 Å². The Morgan fingerprint density at radius 2 is 1.66 bits per heavy atom. The number of rotatable bonds is 7. The number of hydrogen-bond acceptors (Lipinski definition) is 4. The van der Waals surface area contributed by atoms with Gasteiger partial charge in [-0.3, -0.25) is 4.79 Å². The van der Waals surface area contributed by atoms with E-state index in [9.17, 15) is 9.59 Å². The fourth-order valence-electron chi connectivity index (χ4n) is 2.64. The quantitative estimate of drug-likeness (QED) is 0.374. The van der Waals surface area contributed by atoms with Crippen LogP contribution in [0.15, 0.2) is 84.9 Å². The smallest absolute Gasteiger partial charge is 0.336 e. The zero-order valence-corrected chi connectivity index (χ0v) is 16.0. The molecule has 146 valence electrons. The molecule has 0 aliphatic carbocycles. The number of ether oxygens (including phenoxy) is 2. The van der Waals surface area contributed by atoms with Crippen molar-refractivity contribution >= 4 is 18.0 Å². The predicted molar refractivity (Wildman–Crippen MR) is 112 cm³/mol. The average molecular weight is 387 g/mol. The summed E-state index contributed by atoms with van der Waals surface area (Å²) in [7, 11) is 1.58. The van der Waals surface area contributed by atoms with Gasteiger partial charge in [-0.1, -0.05) is 48.5 Å². The van der Waals surface area contributed by atoms with Crippen molar-refractivity contribution in [2.45, 2.75) is 6.54 Å². The molecule has 0 saturated carbocycles. The summed E-state index contributed by atoms with van der Waals surface area (Å²) >= 11 is 0. The first-order valence-corrected chi connectivity index (χ1v) is 9.10. The van der Waals surface area contributed by atoms with E-state index in [0.717, 1.165) is 11.1 Å². The minimum atomic E-state index is -0.533. The van der Waals surface area contributed by atoms with Gasteiger partial charge in [-0.15, -0.1) is 0 Å². The fraction of sp³-hybridized carbons (Fsp3) is 0.0833. The number of nitrogens with one attached hydrogen (secondary N) is 1. The highest BCUT2D eigenvalue weighted by atomic mass is 16.5. The van der Waals surface area contributed by atoms with Gasteiger partial charge in [-0.2, -0.15) is 0 Å². The van der Waals surface area contributed by atoms with Gasteiger partial charge in [-0.05, 0) is 47.5 Å². The van der Waals surface area contributed by atoms with E-state index in [4.69, 9.17) is 9.47 Å². The van der Waals surface area contributed by atoms with Crippen LogP contribution in [0.25, 0.3) is 6.08 Å². The number of carbonyl (C=O) groups excluding carboxylic acids is 2. The molecule has 0 radical (unpaired) electrons. The number of amides is 1. The van der Waals surface area contributed by atoms with E-state index in [1.807, 2.05) is 54.6 Å². The molecule has 3 rings (SSSR count). The van der Waals surface area contributed by atoms with Crippen molar-refractivity contribution in [3.05, 3.63) is 102 Å². The van der Waals surface area contributed by atoms with Gasteiger partial charge in [-0.25, -0.2) is 4.79 Å². The van der Waals surface area contributed by atoms with Crippen molar-refractivity contribution in [1.29, 1.82) is 0 Å². The number of carbonyl (C=O) groups is 2. The zero-order chi connectivity index (χ0) is 20.5. The maximum atomic E-state index is 12.3. The van der Waals surface area contributed by atoms with E-state index in [1.165, 1.54) is 12.1 Å². The fourth-order valence-corrected chi connectivity index (χ4v) is 2.64. The number of benzene rings is 3. The summed E-state index contributed by atoms with van der Waals surface area (Å²) in [6.07, 6.45) is 2.97. The second kappa shape index (κ2) is 9.90. The first-order valence-electron chi connectivity index (χ1n) is 9.10. The van der Waals surface area contributed by atoms with Crippen molar-refractivity contribution in [2.75, 3.05) is 7.11 Å². The molecule has 0 aliphatic rings. The second-order valence-corrected chi connectivity index (χ2v) is 6.23. The second-order valence-electron chi connectivity index (χ2n) is 6.23. The van der Waals surface area contributed by atoms with Gasteiger partial charge in [0.15, 0.2) is 0 Å². The van der Waals surface area contributed by atoms with E-state index >= 15 is 0 Å². The van der Waals surface area contributed by atoms with Gasteiger partial charge < -0.3 is 14.8 Å². The molecule has 29 heavy (non-hydrogen) atoms. The molecule has 0 heterocycles. The largest absolute Gasteiger partial charge is 0.497 e. The van der Waals surface area contributed by atoms with E-state index in [-0.39, 0.29) is 5.91 Å². The number of esters is 1. The molecule has 5 heteroatoms. The van der Waals surface area contributed by atoms with Crippen LogP contribution in [0.3, 0.4) is 0 Å². The Labute approximate surface area is 169 Å². The van der Waals surface area contributed by atoms with E-state index < -0.39 is 5.97 Å². The Morgan fingerprint density at radius 3 is 2.45 bits per heavy atom. The highest BCUT2D eigenvalue weighted by Crippen LogP contribution is 2.16. The van der Waals surface area contributed by atoms with Gasteiger partial charge in [0.25, 0.3) is 5.91 Å². The van der Waals surface area contributed by atoms with Crippen molar-refractivity contribution in [2.24, 2.45) is 0 Å². The molecule has 0 bridgehead atoms. The SMILES string of the molecule is COc1cccc(/C=C/C(=O)Oc2cccc(C(=O)NCc3ccccc3)c2)c1. The van der Waals surface area contributed by atoms with Crippen molar-refractivity contribution in [3.63, 3.8) is 0 Å². The van der Waals surface area contributed by atoms with Crippen LogP contribution in [0.2, 0.25) is 0 Å². The zero-order valence-electron chi connectivity index (χ0n) is 16.0. The molecule has 1 amide bonds. The van der Waals surface area contributed by atoms with Gasteiger partial charge in [0.05, 0.1) is 7.11 Å². The Hall–Kier alpha value is -3.86. The van der Waals surface area contributed by atoms with Gasteiger partial charge >= 0.3 is 5.97 Å². The minimum absolute atomic E-state index is 0.237. The molecule has 0 aromatic heterocycles. The maximum absolute atomic E-state index is 12.3. The number of methoxy groups -OCH3 is 1. The van der Waals surface area contributed by atoms with Crippen LogP contribution < -0.4 is 14.8 Å². The topological polar surface area (TPSA) is 64.6 Å². The van der Waals surface area contributed by atoms with Crippen LogP contribution in [-0.2, 0) is 11.3 Å². The third kappa shape index (κ3) is 6.07. The summed E-state index contributed by atoms with van der Waals surface area (Å²) < 4.78 is 10.5. The third-order valence-electron chi connectivity index (χ3n) is 4.12. The first kappa shape index (κ1) is 19.9. The van der Waals surface area contributed by atoms with Gasteiger partial charge in [0, 0.05) is 18.2 Å². The summed E-state index contributed by atoms with van der Waals surface area (Å²) in [6.45, 7) is 0.424. The molecule has 1 N–H and O–H groups in total. The minimum Gasteiger partial charge on any atom is -0.497 e. The normalized spacial score (nSPS) is 10.5. The molecular weight excluding hydrogens is 366 g/mol. The summed E-state index contributed by atoms with van der Waals surface area (Å²) in [5.74, 6) is 0.237. The maximum Gasteiger partial charge on any atom is 0.336 e. The molecule has 5 nitrogen and oxygen atoms in total. The third-order valence-corrected chi connectivity index (χ3v) is 4.12. The lowest BCUT2D eigenvalue weighted by atomic mass is 10.2. The highest BCUT2D eigenvalue weighted by molar-refractivity contribution is 5.95. The first-order chi connectivity index (χ1) is 14.1. The van der Waals surface area contributed by atoms with Crippen LogP contribution >= 0.6 is 0 Å². The van der Waals surface area contributed by atoms with E-state index in [0.29, 0.717) is 23.6 Å². The Balaban J connectivity index is 1.59. The lowest BCUT2D eigenvalue weighted by molar-refractivity contribution is -0.128. The van der Waals surface area contributed by atoms with Crippen LogP contribution in [0.4, 0.5) is 0 Å². The molecular formula is C24H21NO4. The van der Waals surface area contributed by atoms with E-state index in [1.54, 1.807) is 31.4 Å². The average Bonchev–Trinajstić information content (AvgIpc) is 2.77. The lowest BCUT2D eigenvalue weighted by Gasteiger charge is -2.07. The summed E-state index contributed by atoms with van der Waals surface area (Å²) in [6, 6.07) is 23.5. The summed E-state index contributed by atoms with van der Waals surface area (Å²) in [4.78, 5) is 24.4. The Bertz CT molecular complexity index is 1010.